The van der Waals surface area contributed by atoms with E-state index in [1.807, 2.05) is 0 Å². The van der Waals surface area contributed by atoms with Crippen molar-refractivity contribution in [3.05, 3.63) is 0 Å². The van der Waals surface area contributed by atoms with Gasteiger partial charge in [0, 0.05) is 5.54 Å². The Labute approximate surface area is 76.7 Å². The average molecular weight is 173 g/mol. The van der Waals surface area contributed by atoms with Crippen LogP contribution in [0.1, 0.15) is 41.5 Å². The van der Waals surface area contributed by atoms with E-state index in [1.54, 1.807) is 0 Å². The minimum atomic E-state index is 0.151. The van der Waals surface area contributed by atoms with Gasteiger partial charge in [0.05, 0.1) is 13.3 Å². The molecular weight excluding hydrogens is 150 g/mol. The Bertz CT molecular complexity index is 103. The zero-order valence-electron chi connectivity index (χ0n) is 9.32. The molecule has 0 fully saturated rings. The average Bonchev–Trinajstić information content (AvgIpc) is 1.76. The van der Waals surface area contributed by atoms with Crippen LogP contribution in [0.15, 0.2) is 0 Å². The molecule has 0 bridgehead atoms. The van der Waals surface area contributed by atoms with Crippen LogP contribution in [0, 0.1) is 5.41 Å². The van der Waals surface area contributed by atoms with Crippen molar-refractivity contribution in [1.29, 1.82) is 0 Å². The SMILES string of the molecule is CC(C)(C)COCNC(C)(C)C. The summed E-state index contributed by atoms with van der Waals surface area (Å²) in [5, 5.41) is 3.27. The Morgan fingerprint density at radius 2 is 1.50 bits per heavy atom. The number of rotatable bonds is 3. The van der Waals surface area contributed by atoms with E-state index >= 15 is 0 Å². The fourth-order valence-corrected chi connectivity index (χ4v) is 0.625. The van der Waals surface area contributed by atoms with Gasteiger partial charge in [-0.05, 0) is 26.2 Å². The molecule has 0 aliphatic heterocycles. The predicted octanol–water partition coefficient (Wildman–Crippen LogP) is 2.39. The van der Waals surface area contributed by atoms with Gasteiger partial charge in [-0.2, -0.15) is 0 Å². The Balaban J connectivity index is 3.35. The smallest absolute Gasteiger partial charge is 0.0969 e. The van der Waals surface area contributed by atoms with Crippen molar-refractivity contribution in [3.8, 4) is 0 Å². The van der Waals surface area contributed by atoms with Gasteiger partial charge in [-0.3, -0.25) is 5.32 Å². The maximum absolute atomic E-state index is 5.46. The molecule has 0 aromatic heterocycles. The first-order valence-electron chi connectivity index (χ1n) is 4.53. The highest BCUT2D eigenvalue weighted by Gasteiger charge is 2.11. The van der Waals surface area contributed by atoms with Crippen LogP contribution in [0.2, 0.25) is 0 Å². The quantitative estimate of drug-likeness (QED) is 0.522. The van der Waals surface area contributed by atoms with Crippen molar-refractivity contribution in [2.45, 2.75) is 47.1 Å². The molecule has 0 rings (SSSR count). The molecule has 0 atom stereocenters. The number of ether oxygens (including phenoxy) is 1. The highest BCUT2D eigenvalue weighted by atomic mass is 16.5. The van der Waals surface area contributed by atoms with Gasteiger partial charge in [0.15, 0.2) is 0 Å². The molecule has 12 heavy (non-hydrogen) atoms. The summed E-state index contributed by atoms with van der Waals surface area (Å²) in [5.74, 6) is 0. The van der Waals surface area contributed by atoms with E-state index in [9.17, 15) is 0 Å². The highest BCUT2D eigenvalue weighted by molar-refractivity contribution is 4.67. The monoisotopic (exact) mass is 173 g/mol. The summed E-state index contributed by atoms with van der Waals surface area (Å²) in [6.45, 7) is 14.4. The van der Waals surface area contributed by atoms with Gasteiger partial charge in [0.1, 0.15) is 0 Å². The maximum Gasteiger partial charge on any atom is 0.0969 e. The van der Waals surface area contributed by atoms with Gasteiger partial charge in [-0.15, -0.1) is 0 Å². The molecule has 0 aromatic rings. The van der Waals surface area contributed by atoms with Crippen LogP contribution in [0.5, 0.6) is 0 Å². The number of hydrogen-bond donors (Lipinski definition) is 1. The molecule has 0 aliphatic rings. The summed E-state index contributed by atoms with van der Waals surface area (Å²) in [4.78, 5) is 0. The Morgan fingerprint density at radius 1 is 1.00 bits per heavy atom. The fourth-order valence-electron chi connectivity index (χ4n) is 0.625. The summed E-state index contributed by atoms with van der Waals surface area (Å²) in [7, 11) is 0. The van der Waals surface area contributed by atoms with Gasteiger partial charge in [-0.1, -0.05) is 20.8 Å². The Kier molecular flexibility index (Phi) is 4.21. The summed E-state index contributed by atoms with van der Waals surface area (Å²) in [6, 6.07) is 0. The molecule has 2 nitrogen and oxygen atoms in total. The molecule has 0 unspecified atom stereocenters. The van der Waals surface area contributed by atoms with E-state index in [-0.39, 0.29) is 11.0 Å². The second kappa shape index (κ2) is 4.24. The van der Waals surface area contributed by atoms with E-state index in [0.29, 0.717) is 6.73 Å². The molecule has 0 amide bonds. The lowest BCUT2D eigenvalue weighted by Gasteiger charge is -2.23. The first-order chi connectivity index (χ1) is 5.21. The molecule has 0 heterocycles. The molecule has 0 aromatic carbocycles. The largest absolute Gasteiger partial charge is 0.366 e. The summed E-state index contributed by atoms with van der Waals surface area (Å²) >= 11 is 0. The minimum absolute atomic E-state index is 0.151. The predicted molar refractivity (Wildman–Crippen MR) is 53.2 cm³/mol. The lowest BCUT2D eigenvalue weighted by molar-refractivity contribution is 0.0477. The van der Waals surface area contributed by atoms with Gasteiger partial charge >= 0.3 is 0 Å². The van der Waals surface area contributed by atoms with Crippen LogP contribution in [0.3, 0.4) is 0 Å². The Hall–Kier alpha value is -0.0800. The lowest BCUT2D eigenvalue weighted by atomic mass is 9.99. The van der Waals surface area contributed by atoms with E-state index in [0.717, 1.165) is 6.61 Å². The van der Waals surface area contributed by atoms with Crippen molar-refractivity contribution >= 4 is 0 Å². The van der Waals surface area contributed by atoms with E-state index in [1.165, 1.54) is 0 Å². The molecule has 0 radical (unpaired) electrons. The van der Waals surface area contributed by atoms with Crippen LogP contribution in [-0.4, -0.2) is 18.9 Å². The van der Waals surface area contributed by atoms with Crippen LogP contribution in [0.25, 0.3) is 0 Å². The van der Waals surface area contributed by atoms with E-state index in [2.05, 4.69) is 46.9 Å². The fraction of sp³-hybridized carbons (Fsp3) is 1.00. The first kappa shape index (κ1) is 11.9. The zero-order chi connectivity index (χ0) is 9.83. The molecule has 0 saturated heterocycles. The number of hydrogen-bond acceptors (Lipinski definition) is 2. The molecule has 0 aliphatic carbocycles. The van der Waals surface area contributed by atoms with Gasteiger partial charge < -0.3 is 4.74 Å². The standard InChI is InChI=1S/C10H23NO/c1-9(2,3)7-12-8-11-10(4,5)6/h11H,7-8H2,1-6H3. The minimum Gasteiger partial charge on any atom is -0.366 e. The zero-order valence-corrected chi connectivity index (χ0v) is 9.32. The molecule has 0 spiro atoms. The van der Waals surface area contributed by atoms with Crippen molar-refractivity contribution < 1.29 is 4.74 Å². The first-order valence-corrected chi connectivity index (χ1v) is 4.53. The van der Waals surface area contributed by atoms with Crippen molar-refractivity contribution in [1.82, 2.24) is 5.32 Å². The molecule has 0 saturated carbocycles. The van der Waals surface area contributed by atoms with Crippen molar-refractivity contribution in [3.63, 3.8) is 0 Å². The van der Waals surface area contributed by atoms with Crippen LogP contribution in [-0.2, 0) is 4.74 Å². The van der Waals surface area contributed by atoms with Crippen LogP contribution in [0.4, 0.5) is 0 Å². The lowest BCUT2D eigenvalue weighted by Crippen LogP contribution is -2.38. The van der Waals surface area contributed by atoms with Crippen molar-refractivity contribution in [2.75, 3.05) is 13.3 Å². The van der Waals surface area contributed by atoms with E-state index < -0.39 is 0 Å². The molecule has 74 valence electrons. The van der Waals surface area contributed by atoms with Crippen molar-refractivity contribution in [2.24, 2.45) is 5.41 Å². The second-order valence-corrected chi connectivity index (χ2v) is 5.48. The van der Waals surface area contributed by atoms with Crippen LogP contribution >= 0.6 is 0 Å². The van der Waals surface area contributed by atoms with Crippen LogP contribution < -0.4 is 5.32 Å². The third-order valence-corrected chi connectivity index (χ3v) is 1.24. The maximum atomic E-state index is 5.46. The molecule has 1 N–H and O–H groups in total. The summed E-state index contributed by atoms with van der Waals surface area (Å²) < 4.78 is 5.46. The normalized spacial score (nSPS) is 13.5. The second-order valence-electron chi connectivity index (χ2n) is 5.48. The molecular formula is C10H23NO. The third-order valence-electron chi connectivity index (χ3n) is 1.24. The number of nitrogens with one attached hydrogen (secondary N) is 1. The highest BCUT2D eigenvalue weighted by Crippen LogP contribution is 2.12. The molecule has 2 heteroatoms. The van der Waals surface area contributed by atoms with Gasteiger partial charge in [0.2, 0.25) is 0 Å². The van der Waals surface area contributed by atoms with E-state index in [4.69, 9.17) is 4.74 Å². The van der Waals surface area contributed by atoms with Gasteiger partial charge in [0.25, 0.3) is 0 Å². The third kappa shape index (κ3) is 9.92. The topological polar surface area (TPSA) is 21.3 Å². The summed E-state index contributed by atoms with van der Waals surface area (Å²) in [5.41, 5.74) is 0.414. The summed E-state index contributed by atoms with van der Waals surface area (Å²) in [6.07, 6.45) is 0. The van der Waals surface area contributed by atoms with Gasteiger partial charge in [-0.25, -0.2) is 0 Å². The Morgan fingerprint density at radius 3 is 1.83 bits per heavy atom.